The summed E-state index contributed by atoms with van der Waals surface area (Å²) in [4.78, 5) is 28.7. The van der Waals surface area contributed by atoms with Crippen molar-refractivity contribution in [2.45, 2.75) is 64.7 Å². The Morgan fingerprint density at radius 2 is 1.81 bits per heavy atom. The molecule has 122 valence electrons. The van der Waals surface area contributed by atoms with Gasteiger partial charge in [-0.1, -0.05) is 51.9 Å². The standard InChI is InChI=1S/C14H26N2O2.HNO2/c1-2-3-4-5-6-7-8-9-10-14(17)18-16-12-11-15-13-16;2-1-3/h13H,2-12H2,1H3;(H,2,3). The topological polar surface area (TPSA) is 91.6 Å². The fraction of sp³-hybridized carbons (Fsp3) is 0.857. The molecule has 0 atom stereocenters. The van der Waals surface area contributed by atoms with Gasteiger partial charge in [0.2, 0.25) is 0 Å². The quantitative estimate of drug-likeness (QED) is 0.379. The lowest BCUT2D eigenvalue weighted by molar-refractivity contribution is -0.170. The molecule has 0 radical (unpaired) electrons. The Hall–Kier alpha value is -1.66. The highest BCUT2D eigenvalue weighted by atomic mass is 16.7. The molecule has 0 spiro atoms. The highest BCUT2D eigenvalue weighted by Gasteiger charge is 2.11. The first-order chi connectivity index (χ1) is 10.2. The number of hydroxylamine groups is 2. The van der Waals surface area contributed by atoms with Gasteiger partial charge in [0.1, 0.15) is 6.34 Å². The van der Waals surface area contributed by atoms with E-state index in [4.69, 9.17) is 15.0 Å². The minimum atomic E-state index is -0.130. The summed E-state index contributed by atoms with van der Waals surface area (Å²) in [5.74, 6) is -0.130. The third-order valence-corrected chi connectivity index (χ3v) is 3.11. The summed E-state index contributed by atoms with van der Waals surface area (Å²) in [6.45, 7) is 3.66. The van der Waals surface area contributed by atoms with Crippen molar-refractivity contribution >= 4 is 12.3 Å². The van der Waals surface area contributed by atoms with Crippen LogP contribution in [0.5, 0.6) is 0 Å². The summed E-state index contributed by atoms with van der Waals surface area (Å²) in [5, 5.41) is 9.41. The van der Waals surface area contributed by atoms with E-state index in [0.29, 0.717) is 13.0 Å². The maximum Gasteiger partial charge on any atom is 0.332 e. The molecule has 0 amide bonds. The minimum absolute atomic E-state index is 0.130. The molecule has 0 saturated heterocycles. The van der Waals surface area contributed by atoms with E-state index in [-0.39, 0.29) is 5.97 Å². The maximum absolute atomic E-state index is 11.4. The maximum atomic E-state index is 11.4. The van der Waals surface area contributed by atoms with Crippen molar-refractivity contribution in [3.05, 3.63) is 4.91 Å². The highest BCUT2D eigenvalue weighted by Crippen LogP contribution is 2.10. The zero-order chi connectivity index (χ0) is 15.8. The summed E-state index contributed by atoms with van der Waals surface area (Å²) in [6, 6.07) is 0. The Morgan fingerprint density at radius 1 is 1.24 bits per heavy atom. The number of unbranched alkanes of at least 4 members (excludes halogenated alkanes) is 7. The van der Waals surface area contributed by atoms with Gasteiger partial charge in [0.15, 0.2) is 5.34 Å². The number of carbonyl (C=O) groups is 1. The van der Waals surface area contributed by atoms with Gasteiger partial charge in [-0.15, -0.1) is 4.91 Å². The first-order valence-corrected chi connectivity index (χ1v) is 7.68. The molecule has 0 aromatic carbocycles. The van der Waals surface area contributed by atoms with Crippen LogP contribution in [0.1, 0.15) is 64.7 Å². The third kappa shape index (κ3) is 13.1. The van der Waals surface area contributed by atoms with Crippen LogP contribution in [0.4, 0.5) is 0 Å². The largest absolute Gasteiger partial charge is 0.379 e. The Labute approximate surface area is 126 Å². The van der Waals surface area contributed by atoms with Gasteiger partial charge in [-0.3, -0.25) is 4.99 Å². The molecule has 1 N–H and O–H groups in total. The van der Waals surface area contributed by atoms with Crippen LogP contribution in [0.3, 0.4) is 0 Å². The van der Waals surface area contributed by atoms with E-state index < -0.39 is 0 Å². The first-order valence-electron chi connectivity index (χ1n) is 7.68. The third-order valence-electron chi connectivity index (χ3n) is 3.11. The second-order valence-corrected chi connectivity index (χ2v) is 4.93. The van der Waals surface area contributed by atoms with Crippen LogP contribution in [0, 0.1) is 4.91 Å². The Balaban J connectivity index is 0.00000122. The Kier molecular flexibility index (Phi) is 13.6. The van der Waals surface area contributed by atoms with Gasteiger partial charge >= 0.3 is 5.97 Å². The summed E-state index contributed by atoms with van der Waals surface area (Å²) < 4.78 is 0. The molecule has 1 aliphatic heterocycles. The predicted molar refractivity (Wildman–Crippen MR) is 81.0 cm³/mol. The van der Waals surface area contributed by atoms with Crippen molar-refractivity contribution in [2.75, 3.05) is 13.1 Å². The predicted octanol–water partition coefficient (Wildman–Crippen LogP) is 3.46. The monoisotopic (exact) mass is 301 g/mol. The molecule has 7 nitrogen and oxygen atoms in total. The van der Waals surface area contributed by atoms with Gasteiger partial charge in [-0.25, -0.2) is 4.79 Å². The first kappa shape index (κ1) is 19.3. The van der Waals surface area contributed by atoms with Gasteiger partial charge in [0.05, 0.1) is 13.1 Å². The van der Waals surface area contributed by atoms with Gasteiger partial charge < -0.3 is 10.0 Å². The Bertz CT molecular complexity index is 298. The summed E-state index contributed by atoms with van der Waals surface area (Å²) in [5.41, 5.74) is 0. The molecule has 1 heterocycles. The Morgan fingerprint density at radius 3 is 2.33 bits per heavy atom. The SMILES string of the molecule is CCCCCCCCCCC(=O)ON1C=NCC1.O=NO. The molecule has 0 saturated carbocycles. The van der Waals surface area contributed by atoms with E-state index in [1.807, 2.05) is 0 Å². The van der Waals surface area contributed by atoms with Crippen LogP contribution in [0.15, 0.2) is 10.3 Å². The van der Waals surface area contributed by atoms with Gasteiger partial charge in [-0.05, 0) is 6.42 Å². The average molecular weight is 301 g/mol. The molecule has 1 rings (SSSR count). The lowest BCUT2D eigenvalue weighted by atomic mass is 10.1. The summed E-state index contributed by atoms with van der Waals surface area (Å²) >= 11 is 0. The van der Waals surface area contributed by atoms with Crippen molar-refractivity contribution in [3.63, 3.8) is 0 Å². The molecule has 0 aromatic heterocycles. The van der Waals surface area contributed by atoms with Crippen LogP contribution < -0.4 is 0 Å². The number of carbonyl (C=O) groups excluding carboxylic acids is 1. The number of rotatable bonds is 10. The molecule has 0 bridgehead atoms. The molecule has 0 unspecified atom stereocenters. The number of hydrogen-bond acceptors (Lipinski definition) is 6. The second kappa shape index (κ2) is 14.7. The number of aliphatic imine (C=N–C) groups is 1. The normalized spacial score (nSPS) is 12.7. The van der Waals surface area contributed by atoms with Gasteiger partial charge in [0, 0.05) is 6.42 Å². The van der Waals surface area contributed by atoms with Crippen molar-refractivity contribution in [3.8, 4) is 0 Å². The zero-order valence-corrected chi connectivity index (χ0v) is 12.9. The van der Waals surface area contributed by atoms with E-state index in [9.17, 15) is 4.79 Å². The van der Waals surface area contributed by atoms with Crippen molar-refractivity contribution in [1.82, 2.24) is 5.06 Å². The second-order valence-electron chi connectivity index (χ2n) is 4.93. The zero-order valence-electron chi connectivity index (χ0n) is 12.9. The lowest BCUT2D eigenvalue weighted by Crippen LogP contribution is -2.24. The van der Waals surface area contributed by atoms with Crippen LogP contribution in [0.25, 0.3) is 0 Å². The van der Waals surface area contributed by atoms with Crippen LogP contribution in [0.2, 0.25) is 0 Å². The van der Waals surface area contributed by atoms with Crippen molar-refractivity contribution in [2.24, 2.45) is 10.3 Å². The van der Waals surface area contributed by atoms with Crippen LogP contribution in [-0.2, 0) is 9.63 Å². The molecule has 0 fully saturated rings. The van der Waals surface area contributed by atoms with E-state index in [2.05, 4.69) is 11.9 Å². The van der Waals surface area contributed by atoms with Crippen LogP contribution >= 0.6 is 0 Å². The fourth-order valence-electron chi connectivity index (χ4n) is 2.01. The highest BCUT2D eigenvalue weighted by molar-refractivity contribution is 5.70. The molecule has 0 aliphatic carbocycles. The molecule has 21 heavy (non-hydrogen) atoms. The molecular weight excluding hydrogens is 274 g/mol. The van der Waals surface area contributed by atoms with E-state index in [0.717, 1.165) is 19.4 Å². The smallest absolute Gasteiger partial charge is 0.332 e. The van der Waals surface area contributed by atoms with E-state index in [1.54, 1.807) is 6.34 Å². The van der Waals surface area contributed by atoms with Gasteiger partial charge in [0.25, 0.3) is 0 Å². The van der Waals surface area contributed by atoms with E-state index in [1.165, 1.54) is 48.9 Å². The lowest BCUT2D eigenvalue weighted by Gasteiger charge is -2.12. The van der Waals surface area contributed by atoms with Crippen molar-refractivity contribution in [1.29, 1.82) is 0 Å². The number of nitrogens with zero attached hydrogens (tertiary/aromatic N) is 3. The van der Waals surface area contributed by atoms with Crippen molar-refractivity contribution < 1.29 is 14.8 Å². The fourth-order valence-corrected chi connectivity index (χ4v) is 2.01. The number of hydrogen-bond donors (Lipinski definition) is 1. The van der Waals surface area contributed by atoms with Gasteiger partial charge in [-0.2, -0.15) is 5.06 Å². The average Bonchev–Trinajstić information content (AvgIpc) is 2.95. The summed E-state index contributed by atoms with van der Waals surface area (Å²) in [7, 11) is 0. The minimum Gasteiger partial charge on any atom is -0.379 e. The summed E-state index contributed by atoms with van der Waals surface area (Å²) in [6.07, 6.45) is 12.1. The molecule has 1 aliphatic rings. The van der Waals surface area contributed by atoms with Crippen LogP contribution in [-0.4, -0.2) is 35.7 Å². The molecule has 0 aromatic rings. The molecular formula is C14H27N3O4. The van der Waals surface area contributed by atoms with E-state index >= 15 is 0 Å². The molecule has 7 heteroatoms.